The summed E-state index contributed by atoms with van der Waals surface area (Å²) in [5, 5.41) is 6.50. The summed E-state index contributed by atoms with van der Waals surface area (Å²) in [7, 11) is 0. The summed E-state index contributed by atoms with van der Waals surface area (Å²) >= 11 is 10.9. The fraction of sp³-hybridized carbons (Fsp3) is 0.125. The van der Waals surface area contributed by atoms with E-state index in [1.165, 1.54) is 0 Å². The van der Waals surface area contributed by atoms with E-state index < -0.39 is 0 Å². The lowest BCUT2D eigenvalue weighted by atomic mass is 10.1. The summed E-state index contributed by atoms with van der Waals surface area (Å²) < 4.78 is 0. The predicted molar refractivity (Wildman–Crippen MR) is 91.1 cm³/mol. The molecule has 3 nitrogen and oxygen atoms in total. The number of hydrogen-bond acceptors (Lipinski definition) is 2. The van der Waals surface area contributed by atoms with Crippen LogP contribution in [0, 0.1) is 13.8 Å². The molecule has 0 spiro atoms. The van der Waals surface area contributed by atoms with Crippen molar-refractivity contribution in [3.05, 3.63) is 64.2 Å². The van der Waals surface area contributed by atoms with E-state index in [0.29, 0.717) is 10.6 Å². The second-order valence-electron chi connectivity index (χ2n) is 4.79. The number of rotatable bonds is 2. The van der Waals surface area contributed by atoms with E-state index in [0.717, 1.165) is 16.8 Å². The first-order valence-electron chi connectivity index (χ1n) is 6.40. The highest BCUT2D eigenvalue weighted by Crippen LogP contribution is 2.14. The van der Waals surface area contributed by atoms with Crippen LogP contribution in [0.1, 0.15) is 21.5 Å². The number of nitrogens with one attached hydrogen (secondary N) is 2. The molecule has 0 saturated heterocycles. The van der Waals surface area contributed by atoms with Crippen LogP contribution in [0.2, 0.25) is 5.02 Å². The zero-order chi connectivity index (χ0) is 15.4. The predicted octanol–water partition coefficient (Wildman–Crippen LogP) is 4.08. The van der Waals surface area contributed by atoms with E-state index in [2.05, 4.69) is 16.7 Å². The van der Waals surface area contributed by atoms with Crippen molar-refractivity contribution in [3.63, 3.8) is 0 Å². The Bertz CT molecular complexity index is 663. The number of amides is 1. The van der Waals surface area contributed by atoms with E-state index in [-0.39, 0.29) is 11.0 Å². The molecule has 0 aromatic heterocycles. The molecule has 108 valence electrons. The first-order valence-corrected chi connectivity index (χ1v) is 7.19. The third-order valence-electron chi connectivity index (χ3n) is 2.81. The van der Waals surface area contributed by atoms with Gasteiger partial charge in [-0.05, 0) is 73.6 Å². The van der Waals surface area contributed by atoms with Crippen LogP contribution in [0.5, 0.6) is 0 Å². The highest BCUT2D eigenvalue weighted by molar-refractivity contribution is 7.80. The number of carbonyl (C=O) groups is 1. The van der Waals surface area contributed by atoms with Gasteiger partial charge in [0.1, 0.15) is 0 Å². The minimum atomic E-state index is -0.270. The van der Waals surface area contributed by atoms with Crippen LogP contribution in [-0.4, -0.2) is 11.0 Å². The second-order valence-corrected chi connectivity index (χ2v) is 5.64. The van der Waals surface area contributed by atoms with Crippen molar-refractivity contribution in [3.8, 4) is 0 Å². The van der Waals surface area contributed by atoms with Crippen molar-refractivity contribution in [2.75, 3.05) is 5.32 Å². The standard InChI is InChI=1S/C16H15ClN2OS/c1-10-7-11(2)9-14(8-10)18-16(21)19-15(20)12-3-5-13(17)6-4-12/h3-9H,1-2H3,(H2,18,19,20,21). The molecule has 1 amide bonds. The van der Waals surface area contributed by atoms with E-state index in [9.17, 15) is 4.79 Å². The van der Waals surface area contributed by atoms with Crippen molar-refractivity contribution < 1.29 is 4.79 Å². The fourth-order valence-corrected chi connectivity index (χ4v) is 2.32. The molecule has 2 aromatic carbocycles. The molecule has 5 heteroatoms. The van der Waals surface area contributed by atoms with Crippen molar-refractivity contribution in [1.82, 2.24) is 5.32 Å². The number of thiocarbonyl (C=S) groups is 1. The monoisotopic (exact) mass is 318 g/mol. The van der Waals surface area contributed by atoms with Crippen molar-refractivity contribution in [2.45, 2.75) is 13.8 Å². The maximum atomic E-state index is 12.0. The minimum absolute atomic E-state index is 0.264. The maximum Gasteiger partial charge on any atom is 0.257 e. The molecular weight excluding hydrogens is 304 g/mol. The molecule has 2 aromatic rings. The number of aryl methyl sites for hydroxylation is 2. The SMILES string of the molecule is Cc1cc(C)cc(NC(=S)NC(=O)c2ccc(Cl)cc2)c1. The molecule has 2 rings (SSSR count). The highest BCUT2D eigenvalue weighted by atomic mass is 35.5. The van der Waals surface area contributed by atoms with Crippen LogP contribution >= 0.6 is 23.8 Å². The van der Waals surface area contributed by atoms with Crippen LogP contribution < -0.4 is 10.6 Å². The average molecular weight is 319 g/mol. The largest absolute Gasteiger partial charge is 0.332 e. The molecule has 0 unspecified atom stereocenters. The minimum Gasteiger partial charge on any atom is -0.332 e. The molecule has 0 aliphatic carbocycles. The first kappa shape index (κ1) is 15.5. The quantitative estimate of drug-likeness (QED) is 0.820. The van der Waals surface area contributed by atoms with Gasteiger partial charge in [0.25, 0.3) is 5.91 Å². The molecule has 0 bridgehead atoms. The molecule has 2 N–H and O–H groups in total. The summed E-state index contributed by atoms with van der Waals surface area (Å²) in [4.78, 5) is 12.0. The van der Waals surface area contributed by atoms with Gasteiger partial charge in [0.05, 0.1) is 0 Å². The Balaban J connectivity index is 2.01. The van der Waals surface area contributed by atoms with Crippen molar-refractivity contribution >= 4 is 40.5 Å². The van der Waals surface area contributed by atoms with Gasteiger partial charge in [0.15, 0.2) is 5.11 Å². The molecule has 0 aliphatic rings. The number of anilines is 1. The number of carbonyl (C=O) groups excluding carboxylic acids is 1. The van der Waals surface area contributed by atoms with E-state index in [4.69, 9.17) is 23.8 Å². The number of benzene rings is 2. The van der Waals surface area contributed by atoms with Gasteiger partial charge in [0.2, 0.25) is 0 Å². The van der Waals surface area contributed by atoms with Crippen LogP contribution in [0.3, 0.4) is 0 Å². The van der Waals surface area contributed by atoms with Crippen molar-refractivity contribution in [1.29, 1.82) is 0 Å². The normalized spacial score (nSPS) is 10.0. The Kier molecular flexibility index (Phi) is 4.94. The summed E-state index contributed by atoms with van der Waals surface area (Å²) in [6.45, 7) is 4.01. The lowest BCUT2D eigenvalue weighted by Crippen LogP contribution is -2.34. The highest BCUT2D eigenvalue weighted by Gasteiger charge is 2.08. The Morgan fingerprint density at radius 1 is 1.05 bits per heavy atom. The molecule has 0 fully saturated rings. The van der Waals surface area contributed by atoms with Gasteiger partial charge >= 0.3 is 0 Å². The Morgan fingerprint density at radius 3 is 2.19 bits per heavy atom. The molecule has 0 radical (unpaired) electrons. The molecule has 21 heavy (non-hydrogen) atoms. The van der Waals surface area contributed by atoms with Crippen molar-refractivity contribution in [2.24, 2.45) is 0 Å². The molecule has 0 saturated carbocycles. The topological polar surface area (TPSA) is 41.1 Å². The lowest BCUT2D eigenvalue weighted by Gasteiger charge is -2.11. The molecule has 0 heterocycles. The summed E-state index contributed by atoms with van der Waals surface area (Å²) in [5.41, 5.74) is 3.62. The Labute approximate surface area is 134 Å². The van der Waals surface area contributed by atoms with Gasteiger partial charge in [0, 0.05) is 16.3 Å². The lowest BCUT2D eigenvalue weighted by molar-refractivity contribution is 0.0978. The van der Waals surface area contributed by atoms with Crippen LogP contribution in [0.4, 0.5) is 5.69 Å². The van der Waals surface area contributed by atoms with Crippen LogP contribution in [0.15, 0.2) is 42.5 Å². The average Bonchev–Trinajstić information content (AvgIpc) is 2.37. The summed E-state index contributed by atoms with van der Waals surface area (Å²) in [6, 6.07) is 12.6. The summed E-state index contributed by atoms with van der Waals surface area (Å²) in [6.07, 6.45) is 0. The third-order valence-corrected chi connectivity index (χ3v) is 3.27. The first-order chi connectivity index (χ1) is 9.94. The van der Waals surface area contributed by atoms with Crippen LogP contribution in [0.25, 0.3) is 0 Å². The van der Waals surface area contributed by atoms with Gasteiger partial charge < -0.3 is 5.32 Å². The molecule has 0 atom stereocenters. The van der Waals surface area contributed by atoms with E-state index in [1.54, 1.807) is 24.3 Å². The van der Waals surface area contributed by atoms with Gasteiger partial charge in [-0.1, -0.05) is 17.7 Å². The second kappa shape index (κ2) is 6.70. The van der Waals surface area contributed by atoms with Crippen LogP contribution in [-0.2, 0) is 0 Å². The fourth-order valence-electron chi connectivity index (χ4n) is 1.99. The zero-order valence-corrected chi connectivity index (χ0v) is 13.3. The van der Waals surface area contributed by atoms with E-state index >= 15 is 0 Å². The summed E-state index contributed by atoms with van der Waals surface area (Å²) in [5.74, 6) is -0.270. The van der Waals surface area contributed by atoms with Gasteiger partial charge in [-0.15, -0.1) is 0 Å². The van der Waals surface area contributed by atoms with Gasteiger partial charge in [-0.3, -0.25) is 10.1 Å². The number of halogens is 1. The number of hydrogen-bond donors (Lipinski definition) is 2. The Hall–Kier alpha value is -1.91. The third kappa shape index (κ3) is 4.55. The molecular formula is C16H15ClN2OS. The zero-order valence-electron chi connectivity index (χ0n) is 11.7. The van der Waals surface area contributed by atoms with Gasteiger partial charge in [-0.2, -0.15) is 0 Å². The van der Waals surface area contributed by atoms with Gasteiger partial charge in [-0.25, -0.2) is 0 Å². The molecule has 0 aliphatic heterocycles. The smallest absolute Gasteiger partial charge is 0.257 e. The Morgan fingerprint density at radius 2 is 1.62 bits per heavy atom. The van der Waals surface area contributed by atoms with E-state index in [1.807, 2.05) is 26.0 Å². The maximum absolute atomic E-state index is 12.0.